The summed E-state index contributed by atoms with van der Waals surface area (Å²) in [7, 11) is 0. The Balaban J connectivity index is 1.84. The number of likely N-dealkylation sites (tertiary alicyclic amines) is 1. The van der Waals surface area contributed by atoms with E-state index in [2.05, 4.69) is 31.5 Å². The number of nitrogens with zero attached hydrogens (tertiary/aromatic N) is 2. The number of urea groups is 1. The smallest absolute Gasteiger partial charge is 0.322 e. The molecule has 21 heavy (non-hydrogen) atoms. The van der Waals surface area contributed by atoms with E-state index in [0.717, 1.165) is 0 Å². The summed E-state index contributed by atoms with van der Waals surface area (Å²) >= 11 is 3.30. The van der Waals surface area contributed by atoms with E-state index in [9.17, 15) is 14.4 Å². The molecule has 0 aromatic carbocycles. The van der Waals surface area contributed by atoms with Gasteiger partial charge in [0, 0.05) is 17.2 Å². The number of pyridine rings is 1. The molecular formula is C13H13BrN4O3. The summed E-state index contributed by atoms with van der Waals surface area (Å²) in [6.07, 6.45) is 2.71. The van der Waals surface area contributed by atoms with E-state index < -0.39 is 11.6 Å². The third kappa shape index (κ3) is 2.39. The van der Waals surface area contributed by atoms with Gasteiger partial charge in [-0.15, -0.1) is 0 Å². The van der Waals surface area contributed by atoms with Crippen LogP contribution in [0.5, 0.6) is 0 Å². The van der Waals surface area contributed by atoms with Gasteiger partial charge in [0.15, 0.2) is 0 Å². The first-order chi connectivity index (χ1) is 10.0. The van der Waals surface area contributed by atoms with Crippen LogP contribution in [-0.2, 0) is 4.79 Å². The molecule has 0 radical (unpaired) electrons. The summed E-state index contributed by atoms with van der Waals surface area (Å²) in [5.41, 5.74) is -0.703. The first-order valence-corrected chi connectivity index (χ1v) is 7.34. The fraction of sp³-hybridized carbons (Fsp3) is 0.385. The second-order valence-corrected chi connectivity index (χ2v) is 6.01. The molecular weight excluding hydrogens is 340 g/mol. The van der Waals surface area contributed by atoms with E-state index in [1.807, 2.05) is 0 Å². The zero-order chi connectivity index (χ0) is 15.0. The Hall–Kier alpha value is -1.96. The van der Waals surface area contributed by atoms with Crippen LogP contribution in [-0.4, -0.2) is 46.4 Å². The number of aromatic nitrogens is 1. The molecule has 110 valence electrons. The summed E-state index contributed by atoms with van der Waals surface area (Å²) in [4.78, 5) is 41.5. The van der Waals surface area contributed by atoms with Crippen molar-refractivity contribution < 1.29 is 14.4 Å². The molecule has 2 N–H and O–H groups in total. The normalized spacial score (nSPS) is 24.9. The van der Waals surface area contributed by atoms with Crippen molar-refractivity contribution in [2.24, 2.45) is 0 Å². The highest BCUT2D eigenvalue weighted by Gasteiger charge is 2.49. The predicted octanol–water partition coefficient (Wildman–Crippen LogP) is 0.658. The Morgan fingerprint density at radius 1 is 1.43 bits per heavy atom. The van der Waals surface area contributed by atoms with Crippen LogP contribution in [0.1, 0.15) is 23.3 Å². The number of rotatable bonds is 1. The Kier molecular flexibility index (Phi) is 3.40. The molecule has 7 nitrogen and oxygen atoms in total. The van der Waals surface area contributed by atoms with Gasteiger partial charge in [-0.05, 0) is 40.9 Å². The fourth-order valence-electron chi connectivity index (χ4n) is 2.74. The molecule has 0 saturated carbocycles. The highest BCUT2D eigenvalue weighted by molar-refractivity contribution is 9.10. The van der Waals surface area contributed by atoms with Crippen molar-refractivity contribution in [1.82, 2.24) is 20.5 Å². The minimum Gasteiger partial charge on any atom is -0.334 e. The van der Waals surface area contributed by atoms with Gasteiger partial charge in [0.2, 0.25) is 0 Å². The van der Waals surface area contributed by atoms with Gasteiger partial charge in [0.25, 0.3) is 11.8 Å². The number of carbonyl (C=O) groups is 3. The quantitative estimate of drug-likeness (QED) is 0.726. The van der Waals surface area contributed by atoms with Gasteiger partial charge in [0.05, 0.1) is 6.54 Å². The van der Waals surface area contributed by atoms with Gasteiger partial charge < -0.3 is 10.2 Å². The van der Waals surface area contributed by atoms with Crippen LogP contribution in [0.4, 0.5) is 4.79 Å². The molecule has 0 aliphatic carbocycles. The second kappa shape index (κ2) is 5.10. The number of piperidine rings is 1. The standard InChI is InChI=1S/C13H13BrN4O3/c14-8-3-1-5-15-9(8)10(19)18-6-2-4-13(7-18)11(20)16-12(21)17-13/h1,3,5H,2,4,6-7H2,(H2,16,17,20,21). The van der Waals surface area contributed by atoms with E-state index in [1.54, 1.807) is 23.2 Å². The zero-order valence-electron chi connectivity index (χ0n) is 11.1. The number of halogens is 1. The molecule has 3 heterocycles. The van der Waals surface area contributed by atoms with Crippen LogP contribution in [0, 0.1) is 0 Å². The zero-order valence-corrected chi connectivity index (χ0v) is 12.6. The number of hydrogen-bond acceptors (Lipinski definition) is 4. The molecule has 1 aromatic heterocycles. The lowest BCUT2D eigenvalue weighted by Gasteiger charge is -2.37. The average molecular weight is 353 g/mol. The monoisotopic (exact) mass is 352 g/mol. The Morgan fingerprint density at radius 2 is 2.24 bits per heavy atom. The van der Waals surface area contributed by atoms with Crippen LogP contribution >= 0.6 is 15.9 Å². The number of carbonyl (C=O) groups excluding carboxylic acids is 3. The van der Waals surface area contributed by atoms with E-state index in [-0.39, 0.29) is 18.4 Å². The maximum absolute atomic E-state index is 12.5. The number of hydrogen-bond donors (Lipinski definition) is 2. The van der Waals surface area contributed by atoms with Crippen molar-refractivity contribution in [2.75, 3.05) is 13.1 Å². The van der Waals surface area contributed by atoms with E-state index in [4.69, 9.17) is 0 Å². The van der Waals surface area contributed by atoms with Crippen LogP contribution in [0.2, 0.25) is 0 Å². The molecule has 8 heteroatoms. The van der Waals surface area contributed by atoms with Crippen molar-refractivity contribution in [2.45, 2.75) is 18.4 Å². The van der Waals surface area contributed by atoms with Gasteiger partial charge >= 0.3 is 6.03 Å². The van der Waals surface area contributed by atoms with Crippen molar-refractivity contribution in [3.63, 3.8) is 0 Å². The summed E-state index contributed by atoms with van der Waals surface area (Å²) < 4.78 is 0.606. The van der Waals surface area contributed by atoms with Crippen LogP contribution in [0.3, 0.4) is 0 Å². The first kappa shape index (κ1) is 14.0. The molecule has 0 bridgehead atoms. The predicted molar refractivity (Wildman–Crippen MR) is 76.5 cm³/mol. The van der Waals surface area contributed by atoms with Crippen LogP contribution in [0.25, 0.3) is 0 Å². The minimum absolute atomic E-state index is 0.159. The fourth-order valence-corrected chi connectivity index (χ4v) is 3.16. The Bertz CT molecular complexity index is 636. The maximum atomic E-state index is 12.5. The first-order valence-electron chi connectivity index (χ1n) is 6.55. The lowest BCUT2D eigenvalue weighted by Crippen LogP contribution is -2.59. The largest absolute Gasteiger partial charge is 0.334 e. The highest BCUT2D eigenvalue weighted by atomic mass is 79.9. The summed E-state index contributed by atoms with van der Waals surface area (Å²) in [5.74, 6) is -0.624. The van der Waals surface area contributed by atoms with E-state index in [0.29, 0.717) is 29.6 Å². The molecule has 2 aliphatic rings. The van der Waals surface area contributed by atoms with Gasteiger partial charge in [0.1, 0.15) is 11.2 Å². The topological polar surface area (TPSA) is 91.4 Å². The number of nitrogens with one attached hydrogen (secondary N) is 2. The SMILES string of the molecule is O=C1NC(=O)C2(CCCN(C(=O)c3ncccc3Br)C2)N1. The third-order valence-corrected chi connectivity index (χ3v) is 4.40. The molecule has 2 fully saturated rings. The Morgan fingerprint density at radius 3 is 2.90 bits per heavy atom. The van der Waals surface area contributed by atoms with Crippen molar-refractivity contribution in [3.8, 4) is 0 Å². The molecule has 2 saturated heterocycles. The Labute approximate surface area is 129 Å². The van der Waals surface area contributed by atoms with Crippen molar-refractivity contribution >= 4 is 33.8 Å². The number of imide groups is 1. The molecule has 1 aromatic rings. The summed E-state index contributed by atoms with van der Waals surface area (Å²) in [5, 5.41) is 4.88. The molecule has 1 atom stereocenters. The second-order valence-electron chi connectivity index (χ2n) is 5.15. The maximum Gasteiger partial charge on any atom is 0.322 e. The van der Waals surface area contributed by atoms with Crippen LogP contribution in [0.15, 0.2) is 22.8 Å². The molecule has 3 rings (SSSR count). The highest BCUT2D eigenvalue weighted by Crippen LogP contribution is 2.26. The van der Waals surface area contributed by atoms with Crippen molar-refractivity contribution in [1.29, 1.82) is 0 Å². The number of amides is 4. The third-order valence-electron chi connectivity index (χ3n) is 3.76. The van der Waals surface area contributed by atoms with Gasteiger partial charge in [-0.2, -0.15) is 0 Å². The molecule has 1 unspecified atom stereocenters. The van der Waals surface area contributed by atoms with Gasteiger partial charge in [-0.3, -0.25) is 14.9 Å². The average Bonchev–Trinajstić information content (AvgIpc) is 2.72. The van der Waals surface area contributed by atoms with Gasteiger partial charge in [-0.25, -0.2) is 9.78 Å². The lowest BCUT2D eigenvalue weighted by molar-refractivity contribution is -0.125. The molecule has 1 spiro atoms. The van der Waals surface area contributed by atoms with E-state index >= 15 is 0 Å². The van der Waals surface area contributed by atoms with Crippen LogP contribution < -0.4 is 10.6 Å². The lowest BCUT2D eigenvalue weighted by atomic mass is 9.89. The van der Waals surface area contributed by atoms with E-state index in [1.165, 1.54) is 0 Å². The summed E-state index contributed by atoms with van der Waals surface area (Å²) in [6.45, 7) is 0.694. The van der Waals surface area contributed by atoms with Crippen molar-refractivity contribution in [3.05, 3.63) is 28.5 Å². The minimum atomic E-state index is -1.01. The van der Waals surface area contributed by atoms with Gasteiger partial charge in [-0.1, -0.05) is 0 Å². The molecule has 2 aliphatic heterocycles. The molecule has 4 amide bonds. The summed E-state index contributed by atoms with van der Waals surface area (Å²) in [6, 6.07) is 2.96.